The maximum absolute atomic E-state index is 11.6. The van der Waals surface area contributed by atoms with Crippen LogP contribution in [0.15, 0.2) is 36.4 Å². The SMILES string of the molecule is CCCS(=O)(=O)Nc1ccc(Nc2ccc(C(C)=O)cc2)nn1. The Morgan fingerprint density at radius 1 is 1.04 bits per heavy atom. The zero-order valence-electron chi connectivity index (χ0n) is 12.9. The first-order valence-corrected chi connectivity index (χ1v) is 8.77. The molecule has 0 aliphatic carbocycles. The summed E-state index contributed by atoms with van der Waals surface area (Å²) in [5, 5.41) is 10.8. The highest BCUT2D eigenvalue weighted by Crippen LogP contribution is 2.16. The molecule has 0 saturated carbocycles. The van der Waals surface area contributed by atoms with Crippen LogP contribution in [0.1, 0.15) is 30.6 Å². The molecule has 0 bridgehead atoms. The Morgan fingerprint density at radius 2 is 1.65 bits per heavy atom. The summed E-state index contributed by atoms with van der Waals surface area (Å²) in [6.45, 7) is 3.29. The first kappa shape index (κ1) is 16.9. The molecule has 8 heteroatoms. The standard InChI is InChI=1S/C15H18N4O3S/c1-3-10-23(21,22)19-15-9-8-14(17-18-15)16-13-6-4-12(5-7-13)11(2)20/h4-9H,3,10H2,1-2H3,(H,16,17)(H,18,19). The third kappa shape index (κ3) is 5.03. The summed E-state index contributed by atoms with van der Waals surface area (Å²) < 4.78 is 25.6. The number of carbonyl (C=O) groups is 1. The zero-order valence-corrected chi connectivity index (χ0v) is 13.7. The number of Topliss-reactive ketones (excluding diaryl/α,β-unsaturated/α-hetero) is 1. The number of benzene rings is 1. The maximum Gasteiger partial charge on any atom is 0.233 e. The second kappa shape index (κ2) is 7.19. The van der Waals surface area contributed by atoms with E-state index >= 15 is 0 Å². The van der Waals surface area contributed by atoms with Gasteiger partial charge in [-0.15, -0.1) is 10.2 Å². The van der Waals surface area contributed by atoms with Gasteiger partial charge in [0.05, 0.1) is 5.75 Å². The summed E-state index contributed by atoms with van der Waals surface area (Å²) in [5.41, 5.74) is 1.38. The third-order valence-corrected chi connectivity index (χ3v) is 4.43. The molecule has 0 atom stereocenters. The van der Waals surface area contributed by atoms with E-state index in [1.54, 1.807) is 37.3 Å². The van der Waals surface area contributed by atoms with Crippen molar-refractivity contribution in [1.82, 2.24) is 10.2 Å². The molecule has 1 aromatic carbocycles. The quantitative estimate of drug-likeness (QED) is 0.755. The van der Waals surface area contributed by atoms with Crippen molar-refractivity contribution in [3.05, 3.63) is 42.0 Å². The van der Waals surface area contributed by atoms with E-state index in [0.717, 1.165) is 5.69 Å². The lowest BCUT2D eigenvalue weighted by molar-refractivity contribution is 0.101. The first-order valence-electron chi connectivity index (χ1n) is 7.12. The van der Waals surface area contributed by atoms with Crippen molar-refractivity contribution in [1.29, 1.82) is 0 Å². The molecule has 0 radical (unpaired) electrons. The molecule has 0 aliphatic rings. The maximum atomic E-state index is 11.6. The topological polar surface area (TPSA) is 101 Å². The van der Waals surface area contributed by atoms with E-state index < -0.39 is 10.0 Å². The lowest BCUT2D eigenvalue weighted by atomic mass is 10.1. The Kier molecular flexibility index (Phi) is 5.28. The monoisotopic (exact) mass is 334 g/mol. The molecule has 7 nitrogen and oxygen atoms in total. The third-order valence-electron chi connectivity index (χ3n) is 2.96. The smallest absolute Gasteiger partial charge is 0.233 e. The molecule has 23 heavy (non-hydrogen) atoms. The number of ketones is 1. The van der Waals surface area contributed by atoms with Crippen LogP contribution in [-0.4, -0.2) is 30.2 Å². The number of aromatic nitrogens is 2. The van der Waals surface area contributed by atoms with E-state index in [2.05, 4.69) is 20.2 Å². The number of nitrogens with one attached hydrogen (secondary N) is 2. The van der Waals surface area contributed by atoms with Crippen molar-refractivity contribution in [3.8, 4) is 0 Å². The van der Waals surface area contributed by atoms with Crippen molar-refractivity contribution in [3.63, 3.8) is 0 Å². The van der Waals surface area contributed by atoms with Gasteiger partial charge in [0.25, 0.3) is 0 Å². The number of anilines is 3. The predicted molar refractivity (Wildman–Crippen MR) is 89.5 cm³/mol. The van der Waals surface area contributed by atoms with E-state index in [-0.39, 0.29) is 17.4 Å². The van der Waals surface area contributed by atoms with E-state index in [0.29, 0.717) is 17.8 Å². The van der Waals surface area contributed by atoms with Gasteiger partial charge in [-0.25, -0.2) is 8.42 Å². The van der Waals surface area contributed by atoms with E-state index in [4.69, 9.17) is 0 Å². The molecule has 0 fully saturated rings. The predicted octanol–water partition coefficient (Wildman–Crippen LogP) is 2.57. The van der Waals surface area contributed by atoms with Crippen molar-refractivity contribution in [2.75, 3.05) is 15.8 Å². The highest BCUT2D eigenvalue weighted by molar-refractivity contribution is 7.92. The summed E-state index contributed by atoms with van der Waals surface area (Å²) in [5.74, 6) is 0.687. The van der Waals surface area contributed by atoms with E-state index in [1.807, 2.05) is 0 Å². The van der Waals surface area contributed by atoms with E-state index in [1.165, 1.54) is 13.0 Å². The Hall–Kier alpha value is -2.48. The Morgan fingerprint density at radius 3 is 2.17 bits per heavy atom. The molecular formula is C15H18N4O3S. The fraction of sp³-hybridized carbons (Fsp3) is 0.267. The second-order valence-electron chi connectivity index (χ2n) is 4.98. The number of sulfonamides is 1. The summed E-state index contributed by atoms with van der Waals surface area (Å²) in [7, 11) is -3.37. The van der Waals surface area contributed by atoms with Gasteiger partial charge >= 0.3 is 0 Å². The minimum Gasteiger partial charge on any atom is -0.339 e. The van der Waals surface area contributed by atoms with Crippen LogP contribution in [0.25, 0.3) is 0 Å². The average molecular weight is 334 g/mol. The van der Waals surface area contributed by atoms with Crippen LogP contribution in [0.3, 0.4) is 0 Å². The van der Waals surface area contributed by atoms with Crippen LogP contribution in [0.2, 0.25) is 0 Å². The molecule has 0 amide bonds. The van der Waals surface area contributed by atoms with Crippen LogP contribution in [0, 0.1) is 0 Å². The van der Waals surface area contributed by atoms with Crippen LogP contribution < -0.4 is 10.0 Å². The molecule has 1 aromatic heterocycles. The van der Waals surface area contributed by atoms with Gasteiger partial charge in [-0.2, -0.15) is 0 Å². The molecule has 2 N–H and O–H groups in total. The highest BCUT2D eigenvalue weighted by Gasteiger charge is 2.10. The number of rotatable bonds is 7. The van der Waals surface area contributed by atoms with Gasteiger partial charge < -0.3 is 5.32 Å². The molecule has 0 saturated heterocycles. The lowest BCUT2D eigenvalue weighted by Crippen LogP contribution is -2.17. The van der Waals surface area contributed by atoms with Gasteiger partial charge in [0.15, 0.2) is 17.4 Å². The summed E-state index contributed by atoms with van der Waals surface area (Å²) in [6, 6.07) is 10.1. The molecule has 0 aliphatic heterocycles. The minimum atomic E-state index is -3.37. The molecule has 2 aromatic rings. The minimum absolute atomic E-state index is 0.0000533. The van der Waals surface area contributed by atoms with Gasteiger partial charge in [-0.05, 0) is 49.7 Å². The van der Waals surface area contributed by atoms with Crippen molar-refractivity contribution in [2.24, 2.45) is 0 Å². The van der Waals surface area contributed by atoms with Crippen LogP contribution in [0.5, 0.6) is 0 Å². The lowest BCUT2D eigenvalue weighted by Gasteiger charge is -2.08. The Bertz CT molecular complexity index is 771. The second-order valence-corrected chi connectivity index (χ2v) is 6.83. The molecule has 1 heterocycles. The molecule has 2 rings (SSSR count). The average Bonchev–Trinajstić information content (AvgIpc) is 2.49. The largest absolute Gasteiger partial charge is 0.339 e. The summed E-state index contributed by atoms with van der Waals surface area (Å²) in [4.78, 5) is 11.2. The Balaban J connectivity index is 2.03. The fourth-order valence-corrected chi connectivity index (χ4v) is 2.94. The van der Waals surface area contributed by atoms with Crippen LogP contribution in [0.4, 0.5) is 17.3 Å². The highest BCUT2D eigenvalue weighted by atomic mass is 32.2. The van der Waals surface area contributed by atoms with Gasteiger partial charge in [0.2, 0.25) is 10.0 Å². The van der Waals surface area contributed by atoms with E-state index in [9.17, 15) is 13.2 Å². The summed E-state index contributed by atoms with van der Waals surface area (Å²) in [6.07, 6.45) is 0.526. The van der Waals surface area contributed by atoms with Crippen LogP contribution in [-0.2, 0) is 10.0 Å². The van der Waals surface area contributed by atoms with Crippen LogP contribution >= 0.6 is 0 Å². The van der Waals surface area contributed by atoms with Crippen molar-refractivity contribution < 1.29 is 13.2 Å². The number of nitrogens with zero attached hydrogens (tertiary/aromatic N) is 2. The molecular weight excluding hydrogens is 316 g/mol. The van der Waals surface area contributed by atoms with Gasteiger partial charge in [-0.3, -0.25) is 9.52 Å². The Labute approximate surface area is 135 Å². The summed E-state index contributed by atoms with van der Waals surface area (Å²) >= 11 is 0. The zero-order chi connectivity index (χ0) is 16.9. The number of carbonyl (C=O) groups excluding carboxylic acids is 1. The molecule has 0 spiro atoms. The van der Waals surface area contributed by atoms with Gasteiger partial charge in [-0.1, -0.05) is 6.92 Å². The fourth-order valence-electron chi connectivity index (χ4n) is 1.87. The number of hydrogen-bond donors (Lipinski definition) is 2. The first-order chi connectivity index (χ1) is 10.9. The van der Waals surface area contributed by atoms with Gasteiger partial charge in [0, 0.05) is 11.3 Å². The van der Waals surface area contributed by atoms with Crippen molar-refractivity contribution in [2.45, 2.75) is 20.3 Å². The van der Waals surface area contributed by atoms with Crippen molar-refractivity contribution >= 4 is 33.1 Å². The molecule has 122 valence electrons. The number of hydrogen-bond acceptors (Lipinski definition) is 6. The normalized spacial score (nSPS) is 11.0. The molecule has 0 unspecified atom stereocenters. The van der Waals surface area contributed by atoms with Gasteiger partial charge in [0.1, 0.15) is 0 Å².